The number of halogens is 3. The van der Waals surface area contributed by atoms with E-state index in [4.69, 9.17) is 0 Å². The van der Waals surface area contributed by atoms with Gasteiger partial charge in [-0.25, -0.2) is 9.50 Å². The standard InChI is InChI=1S/C14H10F3N3/c1-9-8-18-12-5-6-19-20(12)13(9)10-3-2-4-11(7-10)14(15,16)17/h2-8H,1H3. The Labute approximate surface area is 112 Å². The van der Waals surface area contributed by atoms with Gasteiger partial charge in [0.25, 0.3) is 0 Å². The van der Waals surface area contributed by atoms with Gasteiger partial charge in [-0.1, -0.05) is 12.1 Å². The van der Waals surface area contributed by atoms with Gasteiger partial charge in [0, 0.05) is 17.8 Å². The van der Waals surface area contributed by atoms with E-state index in [0.717, 1.165) is 17.7 Å². The lowest BCUT2D eigenvalue weighted by Gasteiger charge is -2.11. The molecule has 0 bridgehead atoms. The fourth-order valence-electron chi connectivity index (χ4n) is 2.15. The Kier molecular flexibility index (Phi) is 2.74. The molecular formula is C14H10F3N3. The van der Waals surface area contributed by atoms with Crippen LogP contribution in [0.5, 0.6) is 0 Å². The molecule has 0 aliphatic heterocycles. The van der Waals surface area contributed by atoms with Crippen molar-refractivity contribution < 1.29 is 13.2 Å². The predicted molar refractivity (Wildman–Crippen MR) is 68.2 cm³/mol. The second-order valence-electron chi connectivity index (χ2n) is 4.47. The summed E-state index contributed by atoms with van der Waals surface area (Å²) < 4.78 is 40.0. The van der Waals surface area contributed by atoms with Gasteiger partial charge >= 0.3 is 6.18 Å². The largest absolute Gasteiger partial charge is 0.416 e. The number of hydrogen-bond acceptors (Lipinski definition) is 2. The molecule has 20 heavy (non-hydrogen) atoms. The molecule has 0 radical (unpaired) electrons. The van der Waals surface area contributed by atoms with E-state index in [1.165, 1.54) is 6.07 Å². The molecular weight excluding hydrogens is 267 g/mol. The summed E-state index contributed by atoms with van der Waals surface area (Å²) in [5.41, 5.74) is 1.77. The third kappa shape index (κ3) is 2.03. The molecule has 2 heterocycles. The molecule has 3 nitrogen and oxygen atoms in total. The first-order valence-electron chi connectivity index (χ1n) is 5.94. The minimum absolute atomic E-state index is 0.466. The van der Waals surface area contributed by atoms with Crippen LogP contribution in [-0.2, 0) is 6.18 Å². The van der Waals surface area contributed by atoms with Crippen LogP contribution >= 0.6 is 0 Å². The fourth-order valence-corrected chi connectivity index (χ4v) is 2.15. The number of nitrogens with zero attached hydrogens (tertiary/aromatic N) is 3. The van der Waals surface area contributed by atoms with Crippen LogP contribution < -0.4 is 0 Å². The minimum Gasteiger partial charge on any atom is -0.237 e. The Morgan fingerprint density at radius 3 is 2.70 bits per heavy atom. The summed E-state index contributed by atoms with van der Waals surface area (Å²) in [7, 11) is 0. The average molecular weight is 277 g/mol. The van der Waals surface area contributed by atoms with Crippen LogP contribution in [0.2, 0.25) is 0 Å². The monoisotopic (exact) mass is 277 g/mol. The highest BCUT2D eigenvalue weighted by atomic mass is 19.4. The molecule has 0 spiro atoms. The van der Waals surface area contributed by atoms with Gasteiger partial charge in [-0.15, -0.1) is 0 Å². The van der Waals surface area contributed by atoms with E-state index in [0.29, 0.717) is 16.9 Å². The van der Waals surface area contributed by atoms with Crippen LogP contribution in [-0.4, -0.2) is 14.6 Å². The first kappa shape index (κ1) is 12.7. The van der Waals surface area contributed by atoms with E-state index in [1.807, 2.05) is 0 Å². The smallest absolute Gasteiger partial charge is 0.237 e. The molecule has 0 fully saturated rings. The number of fused-ring (bicyclic) bond motifs is 1. The van der Waals surface area contributed by atoms with Crippen molar-refractivity contribution in [2.45, 2.75) is 13.1 Å². The molecule has 6 heteroatoms. The summed E-state index contributed by atoms with van der Waals surface area (Å²) in [4.78, 5) is 4.18. The molecule has 0 N–H and O–H groups in total. The van der Waals surface area contributed by atoms with Crippen LogP contribution in [0.25, 0.3) is 16.9 Å². The number of alkyl halides is 3. The van der Waals surface area contributed by atoms with Crippen molar-refractivity contribution in [2.75, 3.05) is 0 Å². The third-order valence-corrected chi connectivity index (χ3v) is 3.06. The summed E-state index contributed by atoms with van der Waals surface area (Å²) in [5.74, 6) is 0. The van der Waals surface area contributed by atoms with Gasteiger partial charge in [0.05, 0.1) is 17.5 Å². The summed E-state index contributed by atoms with van der Waals surface area (Å²) in [6, 6.07) is 6.92. The third-order valence-electron chi connectivity index (χ3n) is 3.06. The minimum atomic E-state index is -4.36. The highest BCUT2D eigenvalue weighted by Crippen LogP contribution is 2.32. The number of rotatable bonds is 1. The first-order chi connectivity index (χ1) is 9.47. The zero-order chi connectivity index (χ0) is 14.3. The van der Waals surface area contributed by atoms with Crippen LogP contribution in [0.1, 0.15) is 11.1 Å². The highest BCUT2D eigenvalue weighted by molar-refractivity contribution is 5.66. The maximum atomic E-state index is 12.8. The highest BCUT2D eigenvalue weighted by Gasteiger charge is 2.30. The van der Waals surface area contributed by atoms with Gasteiger partial charge in [0.2, 0.25) is 0 Å². The molecule has 0 aliphatic rings. The fraction of sp³-hybridized carbons (Fsp3) is 0.143. The Morgan fingerprint density at radius 2 is 1.95 bits per heavy atom. The van der Waals surface area contributed by atoms with Crippen molar-refractivity contribution in [2.24, 2.45) is 0 Å². The zero-order valence-corrected chi connectivity index (χ0v) is 10.5. The second kappa shape index (κ2) is 4.33. The SMILES string of the molecule is Cc1cnc2ccnn2c1-c1cccc(C(F)(F)F)c1. The predicted octanol–water partition coefficient (Wildman–Crippen LogP) is 3.72. The van der Waals surface area contributed by atoms with Crippen molar-refractivity contribution in [1.82, 2.24) is 14.6 Å². The van der Waals surface area contributed by atoms with E-state index in [9.17, 15) is 13.2 Å². The van der Waals surface area contributed by atoms with Crippen molar-refractivity contribution >= 4 is 5.65 Å². The quantitative estimate of drug-likeness (QED) is 0.678. The van der Waals surface area contributed by atoms with Crippen LogP contribution in [0, 0.1) is 6.92 Å². The van der Waals surface area contributed by atoms with Crippen molar-refractivity contribution in [3.05, 3.63) is 53.9 Å². The van der Waals surface area contributed by atoms with E-state index >= 15 is 0 Å². The lowest BCUT2D eigenvalue weighted by Crippen LogP contribution is -2.05. The Balaban J connectivity index is 2.26. The van der Waals surface area contributed by atoms with Gasteiger partial charge in [-0.2, -0.15) is 18.3 Å². The van der Waals surface area contributed by atoms with Gasteiger partial charge < -0.3 is 0 Å². The normalized spacial score (nSPS) is 12.0. The van der Waals surface area contributed by atoms with E-state index in [2.05, 4.69) is 10.1 Å². The number of aromatic nitrogens is 3. The Bertz CT molecular complexity index is 775. The van der Waals surface area contributed by atoms with Gasteiger partial charge in [0.15, 0.2) is 5.65 Å². The van der Waals surface area contributed by atoms with Gasteiger partial charge in [0.1, 0.15) is 0 Å². The summed E-state index contributed by atoms with van der Waals surface area (Å²) in [6.45, 7) is 1.80. The molecule has 3 aromatic rings. The maximum absolute atomic E-state index is 12.8. The molecule has 0 unspecified atom stereocenters. The lowest BCUT2D eigenvalue weighted by molar-refractivity contribution is -0.137. The number of hydrogen-bond donors (Lipinski definition) is 0. The Hall–Kier alpha value is -2.37. The topological polar surface area (TPSA) is 30.2 Å². The van der Waals surface area contributed by atoms with E-state index in [1.54, 1.807) is 36.0 Å². The van der Waals surface area contributed by atoms with Crippen LogP contribution in [0.15, 0.2) is 42.7 Å². The molecule has 3 rings (SSSR count). The Morgan fingerprint density at radius 1 is 1.15 bits per heavy atom. The van der Waals surface area contributed by atoms with Crippen LogP contribution in [0.4, 0.5) is 13.2 Å². The number of benzene rings is 1. The van der Waals surface area contributed by atoms with Crippen molar-refractivity contribution in [3.63, 3.8) is 0 Å². The summed E-state index contributed by atoms with van der Waals surface area (Å²) in [6.07, 6.45) is -1.16. The molecule has 0 saturated carbocycles. The lowest BCUT2D eigenvalue weighted by atomic mass is 10.0. The molecule has 102 valence electrons. The molecule has 0 aliphatic carbocycles. The molecule has 0 saturated heterocycles. The zero-order valence-electron chi connectivity index (χ0n) is 10.5. The van der Waals surface area contributed by atoms with Crippen molar-refractivity contribution in [3.8, 4) is 11.3 Å². The van der Waals surface area contributed by atoms with Crippen LogP contribution in [0.3, 0.4) is 0 Å². The molecule has 1 aromatic carbocycles. The van der Waals surface area contributed by atoms with E-state index < -0.39 is 11.7 Å². The summed E-state index contributed by atoms with van der Waals surface area (Å²) in [5, 5.41) is 4.12. The maximum Gasteiger partial charge on any atom is 0.416 e. The first-order valence-corrected chi connectivity index (χ1v) is 5.94. The van der Waals surface area contributed by atoms with E-state index in [-0.39, 0.29) is 0 Å². The summed E-state index contributed by atoms with van der Waals surface area (Å²) >= 11 is 0. The molecule has 0 atom stereocenters. The van der Waals surface area contributed by atoms with Gasteiger partial charge in [-0.3, -0.25) is 0 Å². The van der Waals surface area contributed by atoms with Gasteiger partial charge in [-0.05, 0) is 24.6 Å². The molecule has 2 aromatic heterocycles. The average Bonchev–Trinajstić information content (AvgIpc) is 2.86. The van der Waals surface area contributed by atoms with Crippen molar-refractivity contribution in [1.29, 1.82) is 0 Å². The second-order valence-corrected chi connectivity index (χ2v) is 4.47. The molecule has 0 amide bonds. The number of aryl methyl sites for hydroxylation is 1.